The summed E-state index contributed by atoms with van der Waals surface area (Å²) in [5.74, 6) is -0.369. The molecule has 2 aromatic carbocycles. The molecule has 0 fully saturated rings. The Morgan fingerprint density at radius 3 is 2.81 bits per heavy atom. The van der Waals surface area contributed by atoms with Gasteiger partial charge in [-0.25, -0.2) is 0 Å². The molecule has 0 aliphatic rings. The number of fused-ring (bicyclic) bond motifs is 1. The second-order valence-electron chi connectivity index (χ2n) is 7.21. The first-order valence-electron chi connectivity index (χ1n) is 9.80. The van der Waals surface area contributed by atoms with Crippen molar-refractivity contribution >= 4 is 16.9 Å². The fraction of sp³-hybridized carbons (Fsp3) is 0.167. The van der Waals surface area contributed by atoms with Gasteiger partial charge >= 0.3 is 5.97 Å². The summed E-state index contributed by atoms with van der Waals surface area (Å²) in [6.07, 6.45) is 3.18. The molecule has 4 N–H and O–H groups in total. The van der Waals surface area contributed by atoms with Crippen LogP contribution in [0, 0.1) is 0 Å². The first-order valence-corrected chi connectivity index (χ1v) is 9.80. The highest BCUT2D eigenvalue weighted by Gasteiger charge is 2.14. The smallest absolute Gasteiger partial charge is 0.307 e. The number of carbonyl (C=O) groups is 1. The van der Waals surface area contributed by atoms with Crippen LogP contribution in [0.4, 0.5) is 0 Å². The number of aromatic nitrogens is 1. The van der Waals surface area contributed by atoms with Crippen LogP contribution in [0.1, 0.15) is 22.9 Å². The van der Waals surface area contributed by atoms with Crippen LogP contribution in [-0.2, 0) is 17.8 Å². The summed E-state index contributed by atoms with van der Waals surface area (Å²) in [6.45, 7) is 0.0646. The quantitative estimate of drug-likeness (QED) is 0.399. The number of aliphatic carboxylic acids is 1. The van der Waals surface area contributed by atoms with Gasteiger partial charge < -0.3 is 25.1 Å². The minimum Gasteiger partial charge on any atom is -0.489 e. The lowest BCUT2D eigenvalue weighted by Gasteiger charge is -2.13. The van der Waals surface area contributed by atoms with Gasteiger partial charge in [-0.2, -0.15) is 0 Å². The van der Waals surface area contributed by atoms with Gasteiger partial charge in [0.1, 0.15) is 17.9 Å². The normalized spacial score (nSPS) is 12.1. The van der Waals surface area contributed by atoms with Crippen LogP contribution in [-0.4, -0.2) is 27.8 Å². The molecule has 0 saturated heterocycles. The van der Waals surface area contributed by atoms with E-state index in [2.05, 4.69) is 4.98 Å². The van der Waals surface area contributed by atoms with Crippen molar-refractivity contribution in [1.82, 2.24) is 4.98 Å². The third-order valence-corrected chi connectivity index (χ3v) is 4.99. The molecule has 0 bridgehead atoms. The van der Waals surface area contributed by atoms with Crippen molar-refractivity contribution in [3.8, 4) is 16.9 Å². The zero-order valence-corrected chi connectivity index (χ0v) is 16.7. The van der Waals surface area contributed by atoms with E-state index in [9.17, 15) is 9.90 Å². The second-order valence-corrected chi connectivity index (χ2v) is 7.21. The van der Waals surface area contributed by atoms with Crippen molar-refractivity contribution in [2.75, 3.05) is 6.61 Å². The van der Waals surface area contributed by atoms with Gasteiger partial charge in [-0.05, 0) is 47.5 Å². The Bertz CT molecular complexity index is 1220. The number of pyridine rings is 1. The maximum atomic E-state index is 11.1. The molecule has 0 aliphatic heterocycles. The van der Waals surface area contributed by atoms with E-state index in [1.165, 1.54) is 0 Å². The highest BCUT2D eigenvalue weighted by atomic mass is 16.5. The van der Waals surface area contributed by atoms with Gasteiger partial charge in [-0.1, -0.05) is 18.2 Å². The zero-order valence-electron chi connectivity index (χ0n) is 16.7. The van der Waals surface area contributed by atoms with Crippen LogP contribution in [0.5, 0.6) is 5.75 Å². The molecule has 31 heavy (non-hydrogen) atoms. The minimum absolute atomic E-state index is 0.104. The lowest BCUT2D eigenvalue weighted by Crippen LogP contribution is -2.15. The maximum Gasteiger partial charge on any atom is 0.307 e. The van der Waals surface area contributed by atoms with Gasteiger partial charge in [-0.15, -0.1) is 0 Å². The fourth-order valence-electron chi connectivity index (χ4n) is 3.47. The summed E-state index contributed by atoms with van der Waals surface area (Å²) in [5.41, 5.74) is 10.5. The maximum absolute atomic E-state index is 11.1. The molecular weight excluding hydrogens is 396 g/mol. The average molecular weight is 418 g/mol. The van der Waals surface area contributed by atoms with Gasteiger partial charge in [0.15, 0.2) is 0 Å². The van der Waals surface area contributed by atoms with Gasteiger partial charge in [0.25, 0.3) is 0 Å². The number of carboxylic acids is 1. The Labute approximate surface area is 178 Å². The summed E-state index contributed by atoms with van der Waals surface area (Å²) in [4.78, 5) is 15.4. The van der Waals surface area contributed by atoms with Crippen LogP contribution < -0.4 is 10.5 Å². The van der Waals surface area contributed by atoms with Crippen LogP contribution in [0.25, 0.3) is 22.1 Å². The third kappa shape index (κ3) is 4.58. The molecule has 0 unspecified atom stereocenters. The fourth-order valence-corrected chi connectivity index (χ4v) is 3.47. The predicted molar refractivity (Wildman–Crippen MR) is 116 cm³/mol. The predicted octanol–water partition coefficient (Wildman–Crippen LogP) is 3.69. The van der Waals surface area contributed by atoms with Crippen molar-refractivity contribution in [3.05, 3.63) is 83.9 Å². The SMILES string of the molecule is N[C@H](CO)c1cc(-c2cc(COc3ccccc3CC(=O)O)cc3ccoc23)ccn1. The number of hydrogen-bond donors (Lipinski definition) is 3. The van der Waals surface area contributed by atoms with E-state index < -0.39 is 12.0 Å². The van der Waals surface area contributed by atoms with Crippen molar-refractivity contribution in [3.63, 3.8) is 0 Å². The Hall–Kier alpha value is -3.68. The molecular formula is C24H22N2O5. The van der Waals surface area contributed by atoms with Crippen LogP contribution in [0.2, 0.25) is 0 Å². The summed E-state index contributed by atoms with van der Waals surface area (Å²) in [7, 11) is 0. The standard InChI is InChI=1S/C24H22N2O5/c25-20(13-27)21-11-16(5-7-26-21)19-10-15(9-18-6-8-30-24(18)19)14-31-22-4-2-1-3-17(22)12-23(28)29/h1-11,20,27H,12-14,25H2,(H,28,29)/t20-/m1/s1. The Morgan fingerprint density at radius 2 is 2.00 bits per heavy atom. The lowest BCUT2D eigenvalue weighted by atomic mass is 10.00. The van der Waals surface area contributed by atoms with Crippen molar-refractivity contribution in [2.45, 2.75) is 19.1 Å². The monoisotopic (exact) mass is 418 g/mol. The summed E-state index contributed by atoms with van der Waals surface area (Å²) < 4.78 is 11.7. The number of aliphatic hydroxyl groups excluding tert-OH is 1. The molecule has 7 heteroatoms. The number of ether oxygens (including phenoxy) is 1. The number of para-hydroxylation sites is 1. The minimum atomic E-state index is -0.910. The van der Waals surface area contributed by atoms with E-state index in [1.54, 1.807) is 30.7 Å². The molecule has 0 saturated carbocycles. The van der Waals surface area contributed by atoms with Crippen molar-refractivity contribution in [2.24, 2.45) is 5.73 Å². The number of aliphatic hydroxyl groups is 1. The van der Waals surface area contributed by atoms with Gasteiger partial charge in [0.2, 0.25) is 0 Å². The van der Waals surface area contributed by atoms with Crippen molar-refractivity contribution < 1.29 is 24.2 Å². The zero-order chi connectivity index (χ0) is 21.8. The molecule has 2 aromatic heterocycles. The topological polar surface area (TPSA) is 119 Å². The van der Waals surface area contributed by atoms with Crippen LogP contribution >= 0.6 is 0 Å². The molecule has 2 heterocycles. The first kappa shape index (κ1) is 20.6. The van der Waals surface area contributed by atoms with Gasteiger partial charge in [-0.3, -0.25) is 9.78 Å². The summed E-state index contributed by atoms with van der Waals surface area (Å²) in [6, 6.07) is 16.1. The first-order chi connectivity index (χ1) is 15.0. The molecule has 158 valence electrons. The van der Waals surface area contributed by atoms with Crippen LogP contribution in [0.15, 0.2) is 71.5 Å². The Balaban J connectivity index is 1.67. The number of hydrogen-bond acceptors (Lipinski definition) is 6. The molecule has 4 rings (SSSR count). The molecule has 0 amide bonds. The molecule has 4 aromatic rings. The lowest BCUT2D eigenvalue weighted by molar-refractivity contribution is -0.136. The van der Waals surface area contributed by atoms with Gasteiger partial charge in [0, 0.05) is 22.7 Å². The number of furan rings is 1. The summed E-state index contributed by atoms with van der Waals surface area (Å²) in [5, 5.41) is 19.4. The molecule has 1 atom stereocenters. The molecule has 0 aliphatic carbocycles. The molecule has 0 radical (unpaired) electrons. The number of nitrogens with two attached hydrogens (primary N) is 1. The van der Waals surface area contributed by atoms with E-state index in [0.29, 0.717) is 17.0 Å². The average Bonchev–Trinajstić information content (AvgIpc) is 3.26. The van der Waals surface area contributed by atoms with Crippen molar-refractivity contribution in [1.29, 1.82) is 0 Å². The van der Waals surface area contributed by atoms with Gasteiger partial charge in [0.05, 0.1) is 31.0 Å². The number of carboxylic acid groups (broad SMARTS) is 1. The Morgan fingerprint density at radius 1 is 1.16 bits per heavy atom. The Kier molecular flexibility index (Phi) is 5.97. The number of rotatable bonds is 8. The van der Waals surface area contributed by atoms with E-state index in [0.717, 1.165) is 27.7 Å². The van der Waals surface area contributed by atoms with E-state index in [4.69, 9.17) is 20.0 Å². The van der Waals surface area contributed by atoms with E-state index in [-0.39, 0.29) is 19.6 Å². The highest BCUT2D eigenvalue weighted by molar-refractivity contribution is 5.93. The second kappa shape index (κ2) is 8.99. The number of nitrogens with zero attached hydrogens (tertiary/aromatic N) is 1. The number of benzene rings is 2. The van der Waals surface area contributed by atoms with E-state index >= 15 is 0 Å². The van der Waals surface area contributed by atoms with E-state index in [1.807, 2.05) is 36.4 Å². The third-order valence-electron chi connectivity index (χ3n) is 4.99. The summed E-state index contributed by atoms with van der Waals surface area (Å²) >= 11 is 0. The molecule has 7 nitrogen and oxygen atoms in total. The molecule has 0 spiro atoms. The largest absolute Gasteiger partial charge is 0.489 e. The van der Waals surface area contributed by atoms with Crippen LogP contribution in [0.3, 0.4) is 0 Å². The highest BCUT2D eigenvalue weighted by Crippen LogP contribution is 2.32.